The number of aromatic hydroxyl groups is 3. The summed E-state index contributed by atoms with van der Waals surface area (Å²) in [5, 5.41) is 35.3. The van der Waals surface area contributed by atoms with Gasteiger partial charge in [0.25, 0.3) is 0 Å². The highest BCUT2D eigenvalue weighted by molar-refractivity contribution is 5.78. The number of carbonyl (C=O) groups is 1. The first kappa shape index (κ1) is 40.9. The van der Waals surface area contributed by atoms with E-state index in [4.69, 9.17) is 30.4 Å². The van der Waals surface area contributed by atoms with Gasteiger partial charge in [-0.3, -0.25) is 14.8 Å². The van der Waals surface area contributed by atoms with Gasteiger partial charge in [-0.2, -0.15) is 0 Å². The number of esters is 1. The minimum Gasteiger partial charge on any atom is -0.504 e. The van der Waals surface area contributed by atoms with Gasteiger partial charge in [-0.15, -0.1) is 0 Å². The Kier molecular flexibility index (Phi) is 14.3. The lowest BCUT2D eigenvalue weighted by molar-refractivity contribution is -0.160. The quantitative estimate of drug-likeness (QED) is 0.0260. The predicted molar refractivity (Wildman–Crippen MR) is 215 cm³/mol. The molecule has 1 saturated carbocycles. The molecular formula is C43H54N6O8. The molecule has 0 amide bonds. The van der Waals surface area contributed by atoms with E-state index in [1.165, 1.54) is 13.0 Å². The molecule has 2 fully saturated rings. The van der Waals surface area contributed by atoms with E-state index in [0.29, 0.717) is 61.7 Å². The average Bonchev–Trinajstić information content (AvgIpc) is 3.18. The van der Waals surface area contributed by atoms with E-state index in [-0.39, 0.29) is 53.8 Å². The number of phenolic OH excluding ortho intramolecular Hbond substituents is 3. The number of nitrogens with two attached hydrogens (primary N) is 2. The summed E-state index contributed by atoms with van der Waals surface area (Å²) >= 11 is 0. The number of aryl methyl sites for hydroxylation is 2. The summed E-state index contributed by atoms with van der Waals surface area (Å²) in [6.07, 6.45) is 11.6. The van der Waals surface area contributed by atoms with E-state index in [1.54, 1.807) is 30.7 Å². The maximum Gasteiger partial charge on any atom is 0.302 e. The van der Waals surface area contributed by atoms with Gasteiger partial charge in [0.15, 0.2) is 29.0 Å². The van der Waals surface area contributed by atoms with Crippen LogP contribution in [0.1, 0.15) is 86.6 Å². The zero-order valence-electron chi connectivity index (χ0n) is 32.4. The second kappa shape index (κ2) is 19.9. The number of ether oxygens (including phenoxy) is 4. The topological polar surface area (TPSA) is 217 Å². The number of hydrogen-bond donors (Lipinski definition) is 6. The fraction of sp³-hybridized carbons (Fsp3) is 0.442. The van der Waals surface area contributed by atoms with Crippen LogP contribution in [0, 0.1) is 0 Å². The van der Waals surface area contributed by atoms with Crippen molar-refractivity contribution in [2.24, 2.45) is 10.7 Å². The molecule has 6 rings (SSSR count). The number of benzene rings is 2. The molecule has 1 saturated heterocycles. The molecule has 2 aliphatic rings. The van der Waals surface area contributed by atoms with Crippen LogP contribution < -0.4 is 26.3 Å². The number of hydrogen-bond acceptors (Lipinski definition) is 12. The third-order valence-electron chi connectivity index (χ3n) is 10.3. The van der Waals surface area contributed by atoms with Crippen molar-refractivity contribution in [2.75, 3.05) is 18.9 Å². The van der Waals surface area contributed by atoms with Crippen molar-refractivity contribution < 1.29 is 39.1 Å². The summed E-state index contributed by atoms with van der Waals surface area (Å²) < 4.78 is 24.5. The number of aliphatic imine (C=N–C) groups is 1. The summed E-state index contributed by atoms with van der Waals surface area (Å²) in [7, 11) is 0. The van der Waals surface area contributed by atoms with Crippen LogP contribution >= 0.6 is 0 Å². The zero-order chi connectivity index (χ0) is 40.1. The minimum atomic E-state index is -0.530. The molecule has 1 aliphatic heterocycles. The molecule has 5 unspecified atom stereocenters. The van der Waals surface area contributed by atoms with Crippen LogP contribution in [0.2, 0.25) is 0 Å². The van der Waals surface area contributed by atoms with Gasteiger partial charge in [-0.1, -0.05) is 12.1 Å². The number of nitrogen functional groups attached to an aromatic ring is 1. The monoisotopic (exact) mass is 782 g/mol. The van der Waals surface area contributed by atoms with Gasteiger partial charge in [-0.05, 0) is 110 Å². The maximum absolute atomic E-state index is 12.0. The van der Waals surface area contributed by atoms with Crippen molar-refractivity contribution in [3.63, 3.8) is 0 Å². The minimum absolute atomic E-state index is 0.0698. The van der Waals surface area contributed by atoms with Gasteiger partial charge in [-0.25, -0.2) is 4.98 Å². The van der Waals surface area contributed by atoms with E-state index in [1.807, 2.05) is 36.4 Å². The van der Waals surface area contributed by atoms with E-state index >= 15 is 0 Å². The molecule has 14 nitrogen and oxygen atoms in total. The van der Waals surface area contributed by atoms with Crippen LogP contribution in [0.4, 0.5) is 5.82 Å². The Hall–Kier alpha value is -5.76. The first-order chi connectivity index (χ1) is 27.6. The first-order valence-corrected chi connectivity index (χ1v) is 19.7. The van der Waals surface area contributed by atoms with Crippen LogP contribution in [0.5, 0.6) is 28.7 Å². The van der Waals surface area contributed by atoms with Gasteiger partial charge in [0, 0.05) is 63.8 Å². The van der Waals surface area contributed by atoms with Crippen LogP contribution in [-0.4, -0.2) is 74.7 Å². The second-order valence-corrected chi connectivity index (χ2v) is 14.8. The highest BCUT2D eigenvalue weighted by atomic mass is 16.6. The normalized spacial score (nSPS) is 21.1. The Morgan fingerprint density at radius 1 is 0.930 bits per heavy atom. The fourth-order valence-electron chi connectivity index (χ4n) is 7.52. The van der Waals surface area contributed by atoms with Crippen molar-refractivity contribution in [1.29, 1.82) is 0 Å². The Morgan fingerprint density at radius 2 is 1.79 bits per heavy atom. The highest BCUT2D eigenvalue weighted by Gasteiger charge is 2.33. The number of nitrogens with zero attached hydrogens (tertiary/aromatic N) is 3. The van der Waals surface area contributed by atoms with Gasteiger partial charge in [0.2, 0.25) is 5.75 Å². The van der Waals surface area contributed by atoms with Gasteiger partial charge in [0.1, 0.15) is 18.0 Å². The summed E-state index contributed by atoms with van der Waals surface area (Å²) in [4.78, 5) is 24.7. The lowest BCUT2D eigenvalue weighted by atomic mass is 9.92. The third-order valence-corrected chi connectivity index (χ3v) is 10.3. The number of rotatable bonds is 16. The molecule has 3 heterocycles. The van der Waals surface area contributed by atoms with E-state index in [2.05, 4.69) is 20.3 Å². The van der Waals surface area contributed by atoms with Crippen LogP contribution in [0.15, 0.2) is 78.2 Å². The second-order valence-electron chi connectivity index (χ2n) is 14.8. The molecule has 0 radical (unpaired) electrons. The van der Waals surface area contributed by atoms with Crippen LogP contribution in [-0.2, 0) is 33.5 Å². The zero-order valence-corrected chi connectivity index (χ0v) is 32.4. The molecule has 1 aliphatic carbocycles. The smallest absolute Gasteiger partial charge is 0.302 e. The number of carbonyl (C=O) groups excluding carboxylic acids is 1. The van der Waals surface area contributed by atoms with E-state index in [9.17, 15) is 20.1 Å². The molecular weight excluding hydrogens is 729 g/mol. The highest BCUT2D eigenvalue weighted by Crippen LogP contribution is 2.43. The number of pyridine rings is 2. The van der Waals surface area contributed by atoms with Gasteiger partial charge >= 0.3 is 5.97 Å². The van der Waals surface area contributed by atoms with Crippen molar-refractivity contribution in [1.82, 2.24) is 15.3 Å². The van der Waals surface area contributed by atoms with E-state index in [0.717, 1.165) is 55.2 Å². The van der Waals surface area contributed by atoms with Gasteiger partial charge in [0.05, 0.1) is 18.8 Å². The first-order valence-electron chi connectivity index (χ1n) is 19.7. The number of anilines is 1. The summed E-state index contributed by atoms with van der Waals surface area (Å²) in [6.45, 7) is 2.24. The Morgan fingerprint density at radius 3 is 2.60 bits per heavy atom. The van der Waals surface area contributed by atoms with Gasteiger partial charge < -0.3 is 51.1 Å². The Labute approximate surface area is 333 Å². The standard InChI is InChI=1S/C43H54N6O8/c1-27(50)55-35-24-34(56-38(25-35)31-21-37(52)42(53)40(22-31)54-18-14-30-6-3-15-46-26-30)11-9-29-10-12-36(51)39(19-29)57-33-8-2-7-32(23-33)49-43(45)48-16-4-5-28-13-17-47-41(44)20-28/h3,6,10,12-13,15,17,19-22,26,32-35,38,51-53H,2,4-5,7-9,11,14,16,18,23-25H2,1H3,(H2,44,47)(H3,45,48,49). The molecule has 2 aromatic carbocycles. The molecule has 14 heteroatoms. The largest absolute Gasteiger partial charge is 0.504 e. The van der Waals surface area contributed by atoms with Crippen LogP contribution in [0.25, 0.3) is 0 Å². The lowest BCUT2D eigenvalue weighted by Gasteiger charge is -2.35. The molecule has 4 aromatic rings. The number of phenols is 3. The fourth-order valence-corrected chi connectivity index (χ4v) is 7.52. The predicted octanol–water partition coefficient (Wildman–Crippen LogP) is 5.81. The summed E-state index contributed by atoms with van der Waals surface area (Å²) in [6, 6.07) is 16.2. The molecule has 8 N–H and O–H groups in total. The molecule has 5 atom stereocenters. The molecule has 0 bridgehead atoms. The number of aromatic nitrogens is 2. The lowest BCUT2D eigenvalue weighted by Crippen LogP contribution is -2.44. The number of nitrogens with one attached hydrogen (secondary N) is 1. The molecule has 57 heavy (non-hydrogen) atoms. The van der Waals surface area contributed by atoms with Crippen molar-refractivity contribution >= 4 is 17.7 Å². The van der Waals surface area contributed by atoms with Crippen molar-refractivity contribution in [3.05, 3.63) is 95.4 Å². The molecule has 304 valence electrons. The van der Waals surface area contributed by atoms with Crippen LogP contribution in [0.3, 0.4) is 0 Å². The third kappa shape index (κ3) is 12.4. The maximum atomic E-state index is 12.0. The van der Waals surface area contributed by atoms with E-state index < -0.39 is 12.2 Å². The summed E-state index contributed by atoms with van der Waals surface area (Å²) in [5.41, 5.74) is 15.7. The SMILES string of the molecule is CC(=O)OC1CC(CCc2ccc(O)c(OC3CCCC(NC(N)=NCCCc4ccnc(N)c4)C3)c2)OC(c2cc(O)c(O)c(OCCc3cccnc3)c2)C1. The Bertz CT molecular complexity index is 1960. The number of guanidine groups is 1. The Balaban J connectivity index is 1.03. The molecule has 0 spiro atoms. The van der Waals surface area contributed by atoms with Crippen molar-refractivity contribution in [3.8, 4) is 28.7 Å². The molecule has 2 aromatic heterocycles. The summed E-state index contributed by atoms with van der Waals surface area (Å²) in [5.74, 6) is 0.486. The van der Waals surface area contributed by atoms with Crippen molar-refractivity contribution in [2.45, 2.75) is 108 Å². The average molecular weight is 783 g/mol.